The Labute approximate surface area is 51.7 Å². The minimum absolute atomic E-state index is 0.868. The molecule has 0 heterocycles. The topological polar surface area (TPSA) is 4.44 Å². The minimum Gasteiger partial charge on any atom is -0.325 e. The van der Waals surface area contributed by atoms with Gasteiger partial charge in [0.15, 0.2) is 0 Å². The molecular formula is C7H14N+. The summed E-state index contributed by atoms with van der Waals surface area (Å²) >= 11 is 0. The molecule has 0 unspecified atom stereocenters. The molecule has 0 aromatic heterocycles. The van der Waals surface area contributed by atoms with Crippen LogP contribution < -0.4 is 4.90 Å². The van der Waals surface area contributed by atoms with Gasteiger partial charge in [0.05, 0.1) is 13.1 Å². The molecule has 0 aliphatic carbocycles. The highest BCUT2D eigenvalue weighted by Gasteiger charge is 1.95. The molecule has 0 bridgehead atoms. The molecule has 46 valence electrons. The number of terminal acetylenes is 1. The summed E-state index contributed by atoms with van der Waals surface area (Å²) in [5.74, 6) is 2.63. The van der Waals surface area contributed by atoms with Crippen molar-refractivity contribution in [2.75, 3.05) is 19.6 Å². The van der Waals surface area contributed by atoms with Crippen molar-refractivity contribution in [3.63, 3.8) is 0 Å². The van der Waals surface area contributed by atoms with Crippen molar-refractivity contribution in [1.29, 1.82) is 0 Å². The molecule has 0 radical (unpaired) electrons. The van der Waals surface area contributed by atoms with Crippen LogP contribution in [0, 0.1) is 12.3 Å². The van der Waals surface area contributed by atoms with Gasteiger partial charge in [-0.2, -0.15) is 0 Å². The molecule has 0 atom stereocenters. The van der Waals surface area contributed by atoms with Crippen LogP contribution >= 0.6 is 0 Å². The first-order valence-corrected chi connectivity index (χ1v) is 3.12. The number of hydrogen-bond acceptors (Lipinski definition) is 0. The van der Waals surface area contributed by atoms with Crippen molar-refractivity contribution in [2.24, 2.45) is 0 Å². The van der Waals surface area contributed by atoms with Gasteiger partial charge in [-0.05, 0) is 19.8 Å². The van der Waals surface area contributed by atoms with Crippen LogP contribution in [-0.2, 0) is 0 Å². The van der Waals surface area contributed by atoms with Crippen molar-refractivity contribution in [3.8, 4) is 12.3 Å². The van der Waals surface area contributed by atoms with E-state index in [1.807, 2.05) is 0 Å². The van der Waals surface area contributed by atoms with Gasteiger partial charge >= 0.3 is 0 Å². The fourth-order valence-corrected chi connectivity index (χ4v) is 0.644. The molecular weight excluding hydrogens is 98.1 g/mol. The summed E-state index contributed by atoms with van der Waals surface area (Å²) in [6.45, 7) is 7.45. The lowest BCUT2D eigenvalue weighted by Gasteiger charge is -2.09. The SMILES string of the molecule is C#CC[NH+](CC)CC. The molecule has 8 heavy (non-hydrogen) atoms. The maximum atomic E-state index is 5.11. The van der Waals surface area contributed by atoms with E-state index in [-0.39, 0.29) is 0 Å². The average molecular weight is 112 g/mol. The number of quaternary nitrogens is 1. The molecule has 1 nitrogen and oxygen atoms in total. The first-order valence-electron chi connectivity index (χ1n) is 3.12. The van der Waals surface area contributed by atoms with E-state index >= 15 is 0 Å². The van der Waals surface area contributed by atoms with Gasteiger partial charge in [0.1, 0.15) is 6.54 Å². The Kier molecular flexibility index (Phi) is 4.39. The molecule has 0 aromatic carbocycles. The van der Waals surface area contributed by atoms with Crippen LogP contribution in [0.5, 0.6) is 0 Å². The molecule has 0 saturated carbocycles. The van der Waals surface area contributed by atoms with Crippen LogP contribution in [0.2, 0.25) is 0 Å². The normalized spacial score (nSPS) is 9.25. The fraction of sp³-hybridized carbons (Fsp3) is 0.714. The summed E-state index contributed by atoms with van der Waals surface area (Å²) in [6.07, 6.45) is 5.11. The van der Waals surface area contributed by atoms with Gasteiger partial charge in [-0.15, -0.1) is 6.42 Å². The third-order valence-electron chi connectivity index (χ3n) is 1.35. The van der Waals surface area contributed by atoms with Crippen LogP contribution in [0.15, 0.2) is 0 Å². The lowest BCUT2D eigenvalue weighted by atomic mass is 10.5. The quantitative estimate of drug-likeness (QED) is 0.471. The zero-order valence-corrected chi connectivity index (χ0v) is 5.70. The Morgan fingerprint density at radius 3 is 2.00 bits per heavy atom. The van der Waals surface area contributed by atoms with Crippen LogP contribution in [0.3, 0.4) is 0 Å². The third kappa shape index (κ3) is 2.65. The zero-order chi connectivity index (χ0) is 6.41. The highest BCUT2D eigenvalue weighted by Crippen LogP contribution is 1.46. The van der Waals surface area contributed by atoms with E-state index in [4.69, 9.17) is 6.42 Å². The van der Waals surface area contributed by atoms with Gasteiger partial charge < -0.3 is 4.90 Å². The van der Waals surface area contributed by atoms with E-state index in [9.17, 15) is 0 Å². The molecule has 0 aliphatic heterocycles. The standard InChI is InChI=1S/C7H13N/c1-4-7-8(5-2)6-3/h1H,5-7H2,2-3H3/p+1. The van der Waals surface area contributed by atoms with Crippen molar-refractivity contribution in [3.05, 3.63) is 0 Å². The molecule has 0 rings (SSSR count). The monoisotopic (exact) mass is 112 g/mol. The second-order valence-electron chi connectivity index (χ2n) is 1.84. The van der Waals surface area contributed by atoms with Crippen LogP contribution in [0.4, 0.5) is 0 Å². The molecule has 1 N–H and O–H groups in total. The maximum absolute atomic E-state index is 5.11. The largest absolute Gasteiger partial charge is 0.325 e. The van der Waals surface area contributed by atoms with E-state index in [0.717, 1.165) is 19.6 Å². The van der Waals surface area contributed by atoms with E-state index in [0.29, 0.717) is 0 Å². The van der Waals surface area contributed by atoms with Crippen LogP contribution in [-0.4, -0.2) is 19.6 Å². The Morgan fingerprint density at radius 1 is 1.38 bits per heavy atom. The van der Waals surface area contributed by atoms with Crippen LogP contribution in [0.1, 0.15) is 13.8 Å². The third-order valence-corrected chi connectivity index (χ3v) is 1.35. The summed E-state index contributed by atoms with van der Waals surface area (Å²) < 4.78 is 0. The van der Waals surface area contributed by atoms with Gasteiger partial charge in [-0.3, -0.25) is 0 Å². The smallest absolute Gasteiger partial charge is 0.139 e. The Bertz CT molecular complexity index is 76.9. The van der Waals surface area contributed by atoms with E-state index in [2.05, 4.69) is 19.8 Å². The Hall–Kier alpha value is -0.480. The highest BCUT2D eigenvalue weighted by molar-refractivity contribution is 4.81. The molecule has 0 fully saturated rings. The predicted octanol–water partition coefficient (Wildman–Crippen LogP) is -0.456. The van der Waals surface area contributed by atoms with Gasteiger partial charge in [0.25, 0.3) is 0 Å². The zero-order valence-electron chi connectivity index (χ0n) is 5.70. The summed E-state index contributed by atoms with van der Waals surface area (Å²) in [4.78, 5) is 1.48. The van der Waals surface area contributed by atoms with Gasteiger partial charge in [-0.1, -0.05) is 0 Å². The summed E-state index contributed by atoms with van der Waals surface area (Å²) in [5, 5.41) is 0. The summed E-state index contributed by atoms with van der Waals surface area (Å²) in [7, 11) is 0. The Balaban J connectivity index is 3.25. The van der Waals surface area contributed by atoms with Crippen molar-refractivity contribution >= 4 is 0 Å². The average Bonchev–Trinajstić information content (AvgIpc) is 1.83. The summed E-state index contributed by atoms with van der Waals surface area (Å²) in [5.41, 5.74) is 0. The molecule has 0 aromatic rings. The minimum atomic E-state index is 0.868. The summed E-state index contributed by atoms with van der Waals surface area (Å²) in [6, 6.07) is 0. The lowest BCUT2D eigenvalue weighted by Crippen LogP contribution is -3.11. The predicted molar refractivity (Wildman–Crippen MR) is 35.7 cm³/mol. The lowest BCUT2D eigenvalue weighted by molar-refractivity contribution is -0.888. The van der Waals surface area contributed by atoms with Crippen molar-refractivity contribution in [1.82, 2.24) is 0 Å². The van der Waals surface area contributed by atoms with Gasteiger partial charge in [-0.25, -0.2) is 0 Å². The number of hydrogen-bond donors (Lipinski definition) is 1. The second-order valence-corrected chi connectivity index (χ2v) is 1.84. The Morgan fingerprint density at radius 2 is 1.88 bits per heavy atom. The van der Waals surface area contributed by atoms with Gasteiger partial charge in [0, 0.05) is 0 Å². The molecule has 0 aliphatic rings. The molecule has 0 amide bonds. The number of nitrogens with one attached hydrogen (secondary N) is 1. The maximum Gasteiger partial charge on any atom is 0.139 e. The fourth-order valence-electron chi connectivity index (χ4n) is 0.644. The van der Waals surface area contributed by atoms with E-state index < -0.39 is 0 Å². The van der Waals surface area contributed by atoms with Crippen molar-refractivity contribution < 1.29 is 4.90 Å². The van der Waals surface area contributed by atoms with E-state index in [1.54, 1.807) is 0 Å². The highest BCUT2D eigenvalue weighted by atomic mass is 15.1. The first kappa shape index (κ1) is 7.52. The van der Waals surface area contributed by atoms with E-state index in [1.165, 1.54) is 4.90 Å². The first-order chi connectivity index (χ1) is 3.85. The number of rotatable bonds is 3. The van der Waals surface area contributed by atoms with Crippen LogP contribution in [0.25, 0.3) is 0 Å². The molecule has 1 heteroatoms. The van der Waals surface area contributed by atoms with Crippen molar-refractivity contribution in [2.45, 2.75) is 13.8 Å². The van der Waals surface area contributed by atoms with Gasteiger partial charge in [0.2, 0.25) is 0 Å². The second kappa shape index (κ2) is 4.67. The molecule has 0 saturated heterocycles. The molecule has 0 spiro atoms.